The molecule has 0 aliphatic carbocycles. The molecule has 5 heteroatoms. The quantitative estimate of drug-likeness (QED) is 0.825. The fourth-order valence-electron chi connectivity index (χ4n) is 3.24. The van der Waals surface area contributed by atoms with Gasteiger partial charge in [-0.25, -0.2) is 8.42 Å². The first-order valence-electron chi connectivity index (χ1n) is 6.86. The van der Waals surface area contributed by atoms with E-state index in [0.717, 1.165) is 12.8 Å². The van der Waals surface area contributed by atoms with Gasteiger partial charge >= 0.3 is 0 Å². The molecule has 0 amide bonds. The Hall–Kier alpha value is -0.910. The van der Waals surface area contributed by atoms with Gasteiger partial charge in [-0.15, -0.1) is 0 Å². The summed E-state index contributed by atoms with van der Waals surface area (Å²) in [4.78, 5) is 2.77. The monoisotopic (exact) mass is 280 g/mol. The van der Waals surface area contributed by atoms with Crippen LogP contribution in [-0.2, 0) is 10.0 Å². The number of rotatable bonds is 2. The summed E-state index contributed by atoms with van der Waals surface area (Å²) in [5.74, 6) is 0. The minimum absolute atomic E-state index is 0.381. The maximum atomic E-state index is 12.6. The van der Waals surface area contributed by atoms with E-state index >= 15 is 0 Å². The summed E-state index contributed by atoms with van der Waals surface area (Å²) in [6.45, 7) is 1.27. The number of hydrogen-bond donors (Lipinski definition) is 0. The highest BCUT2D eigenvalue weighted by Crippen LogP contribution is 2.30. The standard InChI is InChI=1S/C14H20N2O2S/c1-15-12-7-8-13(15)11-16(10-9-12)19(17,18)14-5-3-2-4-6-14/h2-6,12-13H,7-11H2,1H3/t12-,13+/m1/s1. The third-order valence-corrected chi connectivity index (χ3v) is 6.37. The van der Waals surface area contributed by atoms with Crippen LogP contribution < -0.4 is 0 Å². The Kier molecular flexibility index (Phi) is 3.37. The molecule has 2 aliphatic heterocycles. The number of benzene rings is 1. The van der Waals surface area contributed by atoms with Gasteiger partial charge < -0.3 is 0 Å². The van der Waals surface area contributed by atoms with Crippen molar-refractivity contribution in [2.24, 2.45) is 0 Å². The number of fused-ring (bicyclic) bond motifs is 2. The largest absolute Gasteiger partial charge is 0.299 e. The summed E-state index contributed by atoms with van der Waals surface area (Å²) in [6.07, 6.45) is 3.27. The van der Waals surface area contributed by atoms with Gasteiger partial charge in [0.25, 0.3) is 0 Å². The van der Waals surface area contributed by atoms with E-state index in [1.807, 2.05) is 6.07 Å². The molecule has 0 radical (unpaired) electrons. The molecule has 1 aromatic rings. The first kappa shape index (κ1) is 13.1. The van der Waals surface area contributed by atoms with E-state index in [0.29, 0.717) is 30.1 Å². The van der Waals surface area contributed by atoms with Crippen molar-refractivity contribution in [2.75, 3.05) is 20.1 Å². The molecule has 2 fully saturated rings. The van der Waals surface area contributed by atoms with E-state index in [2.05, 4.69) is 11.9 Å². The fourth-order valence-corrected chi connectivity index (χ4v) is 4.75. The van der Waals surface area contributed by atoms with Crippen molar-refractivity contribution in [1.29, 1.82) is 0 Å². The van der Waals surface area contributed by atoms with Crippen LogP contribution in [0.15, 0.2) is 35.2 Å². The molecule has 4 nitrogen and oxygen atoms in total. The zero-order chi connectivity index (χ0) is 13.5. The molecule has 0 aromatic heterocycles. The van der Waals surface area contributed by atoms with Gasteiger partial charge in [0.15, 0.2) is 0 Å². The van der Waals surface area contributed by atoms with Crippen LogP contribution in [0.3, 0.4) is 0 Å². The normalized spacial score (nSPS) is 29.3. The molecule has 2 bridgehead atoms. The van der Waals surface area contributed by atoms with E-state index in [-0.39, 0.29) is 0 Å². The Morgan fingerprint density at radius 1 is 1.05 bits per heavy atom. The third-order valence-electron chi connectivity index (χ3n) is 4.49. The highest BCUT2D eigenvalue weighted by molar-refractivity contribution is 7.89. The minimum Gasteiger partial charge on any atom is -0.299 e. The predicted molar refractivity (Wildman–Crippen MR) is 74.4 cm³/mol. The van der Waals surface area contributed by atoms with Gasteiger partial charge in [-0.1, -0.05) is 18.2 Å². The van der Waals surface area contributed by atoms with Crippen molar-refractivity contribution in [2.45, 2.75) is 36.2 Å². The fraction of sp³-hybridized carbons (Fsp3) is 0.571. The molecule has 0 saturated carbocycles. The summed E-state index contributed by atoms with van der Waals surface area (Å²) < 4.78 is 26.9. The van der Waals surface area contributed by atoms with Crippen LogP contribution in [0, 0.1) is 0 Å². The molecule has 1 aromatic carbocycles. The van der Waals surface area contributed by atoms with Crippen LogP contribution in [0.2, 0.25) is 0 Å². The highest BCUT2D eigenvalue weighted by atomic mass is 32.2. The van der Waals surface area contributed by atoms with Crippen LogP contribution in [0.1, 0.15) is 19.3 Å². The molecular formula is C14H20N2O2S. The Labute approximate surface area is 115 Å². The van der Waals surface area contributed by atoms with E-state index in [1.54, 1.807) is 28.6 Å². The summed E-state index contributed by atoms with van der Waals surface area (Å²) >= 11 is 0. The Bertz CT molecular complexity index is 544. The van der Waals surface area contributed by atoms with E-state index in [4.69, 9.17) is 0 Å². The van der Waals surface area contributed by atoms with Crippen molar-refractivity contribution >= 4 is 10.0 Å². The minimum atomic E-state index is -3.32. The second-order valence-corrected chi connectivity index (χ2v) is 7.45. The van der Waals surface area contributed by atoms with E-state index in [1.165, 1.54) is 6.42 Å². The maximum absolute atomic E-state index is 12.6. The lowest BCUT2D eigenvalue weighted by atomic mass is 10.1. The number of hydrogen-bond acceptors (Lipinski definition) is 3. The lowest BCUT2D eigenvalue weighted by molar-refractivity contribution is 0.246. The van der Waals surface area contributed by atoms with Gasteiger partial charge in [0.1, 0.15) is 0 Å². The molecule has 19 heavy (non-hydrogen) atoms. The molecule has 0 N–H and O–H groups in total. The lowest BCUT2D eigenvalue weighted by Crippen LogP contribution is -2.39. The molecule has 0 unspecified atom stereocenters. The zero-order valence-electron chi connectivity index (χ0n) is 11.2. The number of nitrogens with zero attached hydrogens (tertiary/aromatic N) is 2. The van der Waals surface area contributed by atoms with Gasteiger partial charge in [0, 0.05) is 25.2 Å². The smallest absolute Gasteiger partial charge is 0.243 e. The van der Waals surface area contributed by atoms with Crippen molar-refractivity contribution < 1.29 is 8.42 Å². The van der Waals surface area contributed by atoms with Crippen LogP contribution in [-0.4, -0.2) is 49.8 Å². The molecule has 2 aliphatic rings. The van der Waals surface area contributed by atoms with E-state index < -0.39 is 10.0 Å². The van der Waals surface area contributed by atoms with Gasteiger partial charge in [-0.05, 0) is 38.4 Å². The first-order chi connectivity index (χ1) is 9.09. The van der Waals surface area contributed by atoms with Gasteiger partial charge in [0.05, 0.1) is 4.90 Å². The molecular weight excluding hydrogens is 260 g/mol. The SMILES string of the molecule is CN1[C@@H]2CC[C@H]1CN(S(=O)(=O)c1ccccc1)CC2. The molecule has 2 heterocycles. The van der Waals surface area contributed by atoms with Crippen LogP contribution in [0.4, 0.5) is 0 Å². The number of sulfonamides is 1. The predicted octanol–water partition coefficient (Wildman–Crippen LogP) is 1.54. The molecule has 0 spiro atoms. The van der Waals surface area contributed by atoms with Crippen LogP contribution in [0.25, 0.3) is 0 Å². The van der Waals surface area contributed by atoms with E-state index in [9.17, 15) is 8.42 Å². The highest BCUT2D eigenvalue weighted by Gasteiger charge is 2.38. The molecule has 104 valence electrons. The Balaban J connectivity index is 1.87. The van der Waals surface area contributed by atoms with Crippen LogP contribution in [0.5, 0.6) is 0 Å². The summed E-state index contributed by atoms with van der Waals surface area (Å²) in [5, 5.41) is 0. The second-order valence-electron chi connectivity index (χ2n) is 5.52. The van der Waals surface area contributed by atoms with Gasteiger partial charge in [-0.3, -0.25) is 4.90 Å². The Morgan fingerprint density at radius 2 is 1.74 bits per heavy atom. The second kappa shape index (κ2) is 4.89. The summed E-state index contributed by atoms with van der Waals surface area (Å²) in [5.41, 5.74) is 0. The maximum Gasteiger partial charge on any atom is 0.243 e. The lowest BCUT2D eigenvalue weighted by Gasteiger charge is -2.25. The average Bonchev–Trinajstić information content (AvgIpc) is 2.63. The van der Waals surface area contributed by atoms with Crippen molar-refractivity contribution in [1.82, 2.24) is 9.21 Å². The molecule has 2 saturated heterocycles. The molecule has 3 rings (SSSR count). The topological polar surface area (TPSA) is 40.6 Å². The van der Waals surface area contributed by atoms with Gasteiger partial charge in [-0.2, -0.15) is 4.31 Å². The van der Waals surface area contributed by atoms with Crippen molar-refractivity contribution in [3.05, 3.63) is 30.3 Å². The third kappa shape index (κ3) is 2.30. The zero-order valence-corrected chi connectivity index (χ0v) is 12.0. The first-order valence-corrected chi connectivity index (χ1v) is 8.30. The summed E-state index contributed by atoms with van der Waals surface area (Å²) in [6, 6.07) is 9.71. The van der Waals surface area contributed by atoms with Crippen molar-refractivity contribution in [3.8, 4) is 0 Å². The van der Waals surface area contributed by atoms with Crippen LogP contribution >= 0.6 is 0 Å². The Morgan fingerprint density at radius 3 is 2.47 bits per heavy atom. The van der Waals surface area contributed by atoms with Gasteiger partial charge in [0.2, 0.25) is 10.0 Å². The summed E-state index contributed by atoms with van der Waals surface area (Å²) in [7, 11) is -1.20. The number of likely N-dealkylation sites (N-methyl/N-ethyl adjacent to an activating group) is 1. The molecule has 2 atom stereocenters. The average molecular weight is 280 g/mol. The van der Waals surface area contributed by atoms with Crippen molar-refractivity contribution in [3.63, 3.8) is 0 Å².